The van der Waals surface area contributed by atoms with Gasteiger partial charge in [0.05, 0.1) is 10.2 Å². The third-order valence-electron chi connectivity index (χ3n) is 1.47. The fraction of sp³-hybridized carbons (Fsp3) is 0. The van der Waals surface area contributed by atoms with Crippen molar-refractivity contribution in [3.05, 3.63) is 24.3 Å². The molecule has 0 aliphatic rings. The fourth-order valence-corrected chi connectivity index (χ4v) is 2.12. The van der Waals surface area contributed by atoms with Gasteiger partial charge in [-0.2, -0.15) is 0 Å². The molecular weight excluding hydrogens is 298 g/mol. The largest absolute Gasteiger partial charge is 1.00 e. The molecule has 0 N–H and O–H groups in total. The molecular formula is C8H4K2N2S3. The van der Waals surface area contributed by atoms with Gasteiger partial charge in [-0.05, 0) is 12.1 Å². The number of nitrogens with zero attached hydrogens (tertiary/aromatic N) is 2. The van der Waals surface area contributed by atoms with E-state index in [0.717, 1.165) is 10.2 Å². The Labute approximate surface area is 188 Å². The summed E-state index contributed by atoms with van der Waals surface area (Å²) in [5.74, 6) is 0. The molecule has 2 nitrogen and oxygen atoms in total. The van der Waals surface area contributed by atoms with Crippen LogP contribution in [0.2, 0.25) is 0 Å². The van der Waals surface area contributed by atoms with Crippen molar-refractivity contribution in [2.75, 3.05) is 0 Å². The van der Waals surface area contributed by atoms with Crippen LogP contribution in [0.25, 0.3) is 10.2 Å². The van der Waals surface area contributed by atoms with Crippen LogP contribution < -0.4 is 103 Å². The van der Waals surface area contributed by atoms with E-state index in [1.54, 1.807) is 0 Å². The van der Waals surface area contributed by atoms with Gasteiger partial charge >= 0.3 is 103 Å². The molecule has 0 saturated heterocycles. The smallest absolute Gasteiger partial charge is 0.788 e. The maximum absolute atomic E-state index is 4.70. The molecule has 0 unspecified atom stereocenters. The topological polar surface area (TPSA) is 25.2 Å². The minimum Gasteiger partial charge on any atom is -0.788 e. The van der Waals surface area contributed by atoms with Crippen LogP contribution in [0.4, 0.5) is 5.13 Å². The van der Waals surface area contributed by atoms with Crippen molar-refractivity contribution in [2.45, 2.75) is 0 Å². The number of thiazole rings is 1. The molecule has 0 saturated carbocycles. The van der Waals surface area contributed by atoms with Gasteiger partial charge in [-0.3, -0.25) is 4.99 Å². The van der Waals surface area contributed by atoms with Gasteiger partial charge in [0.25, 0.3) is 0 Å². The van der Waals surface area contributed by atoms with E-state index >= 15 is 0 Å². The summed E-state index contributed by atoms with van der Waals surface area (Å²) in [5.41, 5.74) is 0.942. The summed E-state index contributed by atoms with van der Waals surface area (Å²) in [6.45, 7) is 0. The normalized spacial score (nSPS) is 8.80. The summed E-state index contributed by atoms with van der Waals surface area (Å²) < 4.78 is 1.31. The number of rotatable bonds is 1. The van der Waals surface area contributed by atoms with Gasteiger partial charge in [-0.25, -0.2) is 9.36 Å². The number of aliphatic imine (C=N–C) groups is 1. The molecule has 0 radical (unpaired) electrons. The van der Waals surface area contributed by atoms with E-state index in [0.29, 0.717) is 5.13 Å². The van der Waals surface area contributed by atoms with Crippen LogP contribution in [-0.4, -0.2) is 9.36 Å². The number of benzene rings is 1. The summed E-state index contributed by atoms with van der Waals surface area (Å²) in [6, 6.07) is 7.85. The average Bonchev–Trinajstić information content (AvgIpc) is 2.44. The molecule has 0 fully saturated rings. The summed E-state index contributed by atoms with van der Waals surface area (Å²) in [7, 11) is 0. The molecule has 2 rings (SSSR count). The standard InChI is InChI=1S/C8H6N2S3.2K/c11-8(12)10-7-9-5-3-1-2-4-6(5)13-7;;/h1-4H,(H2,9,10,11,12);;/q;2*+1/p-2. The third kappa shape index (κ3) is 5.33. The minimum absolute atomic E-state index is 0. The Kier molecular flexibility index (Phi) is 9.99. The first-order valence-electron chi connectivity index (χ1n) is 3.54. The van der Waals surface area contributed by atoms with Gasteiger partial charge in [0.15, 0.2) is 0 Å². The van der Waals surface area contributed by atoms with Gasteiger partial charge in [0.1, 0.15) is 0 Å². The zero-order valence-electron chi connectivity index (χ0n) is 8.43. The molecule has 1 aromatic heterocycles. The molecule has 1 heterocycles. The van der Waals surface area contributed by atoms with Crippen molar-refractivity contribution in [3.8, 4) is 0 Å². The van der Waals surface area contributed by atoms with Crippen LogP contribution in [0.3, 0.4) is 0 Å². The zero-order valence-corrected chi connectivity index (χ0v) is 17.1. The molecule has 0 atom stereocenters. The predicted octanol–water partition coefficient (Wildman–Crippen LogP) is -3.61. The van der Waals surface area contributed by atoms with Crippen molar-refractivity contribution in [2.24, 2.45) is 4.99 Å². The SMILES string of the molecule is [K+].[K+].[S-]C([S-])=Nc1nc2ccccc2s1. The Morgan fingerprint density at radius 3 is 2.47 bits per heavy atom. The Morgan fingerprint density at radius 2 is 1.87 bits per heavy atom. The van der Waals surface area contributed by atoms with Crippen LogP contribution in [0.5, 0.6) is 0 Å². The molecule has 15 heavy (non-hydrogen) atoms. The second-order valence-electron chi connectivity index (χ2n) is 2.34. The number of aromatic nitrogens is 1. The van der Waals surface area contributed by atoms with Crippen molar-refractivity contribution >= 4 is 56.3 Å². The Morgan fingerprint density at radius 1 is 1.20 bits per heavy atom. The van der Waals surface area contributed by atoms with Gasteiger partial charge in [-0.1, -0.05) is 23.5 Å². The zero-order chi connectivity index (χ0) is 9.26. The molecule has 0 bridgehead atoms. The van der Waals surface area contributed by atoms with Crippen LogP contribution in [0, 0.1) is 0 Å². The summed E-state index contributed by atoms with van der Waals surface area (Å²) in [4.78, 5) is 8.20. The number of hydrogen-bond acceptors (Lipinski definition) is 5. The van der Waals surface area contributed by atoms with E-state index < -0.39 is 0 Å². The summed E-state index contributed by atoms with van der Waals surface area (Å²) >= 11 is 10.9. The quantitative estimate of drug-likeness (QED) is 0.235. The molecule has 2 aromatic rings. The molecule has 7 heteroatoms. The molecule has 0 aliphatic heterocycles. The monoisotopic (exact) mass is 302 g/mol. The number of hydrogen-bond donors (Lipinski definition) is 0. The Hall–Kier alpha value is 2.49. The van der Waals surface area contributed by atoms with E-state index in [2.05, 4.69) is 9.98 Å². The van der Waals surface area contributed by atoms with Gasteiger partial charge in [0, 0.05) is 0 Å². The number of para-hydroxylation sites is 1. The first kappa shape index (κ1) is 17.5. The van der Waals surface area contributed by atoms with Gasteiger partial charge in [-0.15, -0.1) is 0 Å². The van der Waals surface area contributed by atoms with Crippen molar-refractivity contribution in [1.29, 1.82) is 0 Å². The second-order valence-corrected chi connectivity index (χ2v) is 4.38. The van der Waals surface area contributed by atoms with Gasteiger partial charge < -0.3 is 25.3 Å². The Balaban J connectivity index is 0.000000980. The molecule has 0 amide bonds. The molecule has 0 aliphatic carbocycles. The molecule has 1 aromatic carbocycles. The summed E-state index contributed by atoms with van der Waals surface area (Å²) in [6.07, 6.45) is 0. The van der Waals surface area contributed by atoms with Crippen LogP contribution in [-0.2, 0) is 25.3 Å². The predicted molar refractivity (Wildman–Crippen MR) is 61.4 cm³/mol. The van der Waals surface area contributed by atoms with Crippen LogP contribution in [0.15, 0.2) is 29.3 Å². The van der Waals surface area contributed by atoms with Crippen molar-refractivity contribution < 1.29 is 103 Å². The summed E-state index contributed by atoms with van der Waals surface area (Å²) in [5, 5.41) is 0.640. The van der Waals surface area contributed by atoms with E-state index in [1.165, 1.54) is 11.3 Å². The van der Waals surface area contributed by atoms with Crippen LogP contribution in [0.1, 0.15) is 0 Å². The fourth-order valence-electron chi connectivity index (χ4n) is 0.986. The second kappa shape index (κ2) is 8.57. The number of fused-ring (bicyclic) bond motifs is 1. The third-order valence-corrected chi connectivity index (χ3v) is 2.58. The average molecular weight is 303 g/mol. The van der Waals surface area contributed by atoms with E-state index in [-0.39, 0.29) is 107 Å². The van der Waals surface area contributed by atoms with E-state index in [1.807, 2.05) is 24.3 Å². The van der Waals surface area contributed by atoms with Crippen molar-refractivity contribution in [1.82, 2.24) is 4.98 Å². The molecule has 66 valence electrons. The minimum atomic E-state index is 0. The van der Waals surface area contributed by atoms with Crippen molar-refractivity contribution in [3.63, 3.8) is 0 Å². The van der Waals surface area contributed by atoms with E-state index in [9.17, 15) is 0 Å². The molecule has 0 spiro atoms. The Bertz CT molecular complexity index is 433. The maximum atomic E-state index is 4.70. The van der Waals surface area contributed by atoms with Gasteiger partial charge in [0.2, 0.25) is 5.13 Å². The van der Waals surface area contributed by atoms with E-state index in [4.69, 9.17) is 25.3 Å². The first-order chi connectivity index (χ1) is 6.25. The maximum Gasteiger partial charge on any atom is 1.00 e. The van der Waals surface area contributed by atoms with Crippen LogP contribution >= 0.6 is 11.3 Å². The first-order valence-corrected chi connectivity index (χ1v) is 5.17.